The zero-order valence-electron chi connectivity index (χ0n) is 11.6. The third kappa shape index (κ3) is 3.02. The maximum absolute atomic E-state index is 5.34. The molecule has 1 N–H and O–H groups in total. The van der Waals surface area contributed by atoms with Gasteiger partial charge in [0.15, 0.2) is 0 Å². The molecule has 1 aliphatic carbocycles. The van der Waals surface area contributed by atoms with Crippen LogP contribution in [-0.4, -0.2) is 36.8 Å². The van der Waals surface area contributed by atoms with Crippen LogP contribution in [0.3, 0.4) is 0 Å². The van der Waals surface area contributed by atoms with E-state index in [9.17, 15) is 0 Å². The van der Waals surface area contributed by atoms with E-state index in [4.69, 9.17) is 4.52 Å². The van der Waals surface area contributed by atoms with E-state index in [0.29, 0.717) is 12.0 Å². The van der Waals surface area contributed by atoms with Crippen LogP contribution in [0.4, 0.5) is 5.95 Å². The normalized spacial score (nSPS) is 18.2. The monoisotopic (exact) mass is 252 g/mol. The lowest BCUT2D eigenvalue weighted by Gasteiger charge is -2.20. The summed E-state index contributed by atoms with van der Waals surface area (Å²) in [6, 6.07) is 0.465. The lowest BCUT2D eigenvalue weighted by Crippen LogP contribution is -2.34. The van der Waals surface area contributed by atoms with Gasteiger partial charge >= 0.3 is 0 Å². The van der Waals surface area contributed by atoms with Gasteiger partial charge in [-0.2, -0.15) is 4.98 Å². The molecule has 1 unspecified atom stereocenters. The average Bonchev–Trinajstić information content (AvgIpc) is 3.05. The van der Waals surface area contributed by atoms with Crippen LogP contribution in [0, 0.1) is 5.92 Å². The van der Waals surface area contributed by atoms with Crippen molar-refractivity contribution in [2.45, 2.75) is 45.1 Å². The van der Waals surface area contributed by atoms with Gasteiger partial charge in [0.2, 0.25) is 5.89 Å². The molecule has 1 saturated carbocycles. The summed E-state index contributed by atoms with van der Waals surface area (Å²) >= 11 is 0. The Kier molecular flexibility index (Phi) is 4.58. The maximum atomic E-state index is 5.34. The van der Waals surface area contributed by atoms with Crippen molar-refractivity contribution >= 4 is 5.95 Å². The second-order valence-corrected chi connectivity index (χ2v) is 5.15. The van der Waals surface area contributed by atoms with Crippen molar-refractivity contribution < 1.29 is 4.52 Å². The Labute approximate surface area is 109 Å². The van der Waals surface area contributed by atoms with Crippen molar-refractivity contribution in [1.29, 1.82) is 0 Å². The van der Waals surface area contributed by atoms with E-state index in [1.54, 1.807) is 0 Å². The number of hydrogen-bond acceptors (Lipinski definition) is 5. The van der Waals surface area contributed by atoms with E-state index in [2.05, 4.69) is 22.4 Å². The number of rotatable bonds is 6. The zero-order valence-corrected chi connectivity index (χ0v) is 11.6. The summed E-state index contributed by atoms with van der Waals surface area (Å²) < 4.78 is 5.34. The van der Waals surface area contributed by atoms with Gasteiger partial charge in [-0.3, -0.25) is 0 Å². The Bertz CT molecular complexity index is 360. The summed E-state index contributed by atoms with van der Waals surface area (Å²) in [6.45, 7) is 2.96. The number of nitrogens with one attached hydrogen (secondary N) is 1. The summed E-state index contributed by atoms with van der Waals surface area (Å²) in [5.74, 6) is 2.19. The van der Waals surface area contributed by atoms with Crippen molar-refractivity contribution in [3.8, 4) is 0 Å². The molecule has 0 amide bonds. The van der Waals surface area contributed by atoms with E-state index < -0.39 is 0 Å². The highest BCUT2D eigenvalue weighted by molar-refractivity contribution is 5.25. The van der Waals surface area contributed by atoms with Crippen LogP contribution in [0.1, 0.15) is 38.5 Å². The minimum absolute atomic E-state index is 0.465. The fraction of sp³-hybridized carbons (Fsp3) is 0.846. The molecule has 1 heterocycles. The third-order valence-corrected chi connectivity index (χ3v) is 4.01. The van der Waals surface area contributed by atoms with Crippen LogP contribution in [-0.2, 0) is 6.42 Å². The Hall–Kier alpha value is -1.10. The van der Waals surface area contributed by atoms with Gasteiger partial charge < -0.3 is 14.7 Å². The molecule has 0 spiro atoms. The fourth-order valence-corrected chi connectivity index (χ4v) is 2.68. The molecular formula is C13H24N4O. The number of hydrogen-bond donors (Lipinski definition) is 1. The summed E-state index contributed by atoms with van der Waals surface area (Å²) in [5, 5.41) is 7.42. The molecule has 1 fully saturated rings. The van der Waals surface area contributed by atoms with Gasteiger partial charge in [0.05, 0.1) is 0 Å². The fourth-order valence-electron chi connectivity index (χ4n) is 2.68. The Morgan fingerprint density at radius 2 is 2.17 bits per heavy atom. The minimum Gasteiger partial charge on any atom is -0.342 e. The number of likely N-dealkylation sites (N-methyl/N-ethyl adjacent to an activating group) is 1. The van der Waals surface area contributed by atoms with E-state index >= 15 is 0 Å². The SMILES string of the molecule is CCN(C)c1noc(CC(NC)C2CCCC2)n1. The number of anilines is 1. The van der Waals surface area contributed by atoms with Gasteiger partial charge in [-0.15, -0.1) is 0 Å². The van der Waals surface area contributed by atoms with E-state index in [1.807, 2.05) is 19.0 Å². The molecule has 0 aromatic carbocycles. The predicted octanol–water partition coefficient (Wildman–Crippen LogP) is 1.85. The van der Waals surface area contributed by atoms with Crippen molar-refractivity contribution in [2.24, 2.45) is 5.92 Å². The molecule has 5 nitrogen and oxygen atoms in total. The Morgan fingerprint density at radius 3 is 2.78 bits per heavy atom. The van der Waals surface area contributed by atoms with E-state index in [-0.39, 0.29) is 0 Å². The van der Waals surface area contributed by atoms with Crippen molar-refractivity contribution in [3.05, 3.63) is 5.89 Å². The summed E-state index contributed by atoms with van der Waals surface area (Å²) in [4.78, 5) is 6.43. The molecule has 0 bridgehead atoms. The van der Waals surface area contributed by atoms with Crippen molar-refractivity contribution in [3.63, 3.8) is 0 Å². The molecule has 18 heavy (non-hydrogen) atoms. The van der Waals surface area contributed by atoms with Crippen LogP contribution < -0.4 is 10.2 Å². The lowest BCUT2D eigenvalue weighted by molar-refractivity contribution is 0.318. The van der Waals surface area contributed by atoms with Gasteiger partial charge in [0.1, 0.15) is 0 Å². The minimum atomic E-state index is 0.465. The highest BCUT2D eigenvalue weighted by Gasteiger charge is 2.25. The molecule has 0 radical (unpaired) electrons. The maximum Gasteiger partial charge on any atom is 0.265 e. The highest BCUT2D eigenvalue weighted by atomic mass is 16.5. The van der Waals surface area contributed by atoms with Crippen LogP contribution in [0.25, 0.3) is 0 Å². The molecule has 0 saturated heterocycles. The highest BCUT2D eigenvalue weighted by Crippen LogP contribution is 2.29. The Morgan fingerprint density at radius 1 is 1.44 bits per heavy atom. The van der Waals surface area contributed by atoms with Crippen LogP contribution in [0.5, 0.6) is 0 Å². The molecule has 0 aliphatic heterocycles. The number of aromatic nitrogens is 2. The summed E-state index contributed by atoms with van der Waals surface area (Å²) in [7, 11) is 4.00. The first kappa shape index (κ1) is 13.3. The first-order chi connectivity index (χ1) is 8.74. The van der Waals surface area contributed by atoms with E-state index in [1.165, 1.54) is 25.7 Å². The molecule has 1 aliphatic rings. The molecule has 102 valence electrons. The molecular weight excluding hydrogens is 228 g/mol. The molecule has 1 aromatic heterocycles. The standard InChI is InChI=1S/C13H24N4O/c1-4-17(3)13-15-12(18-16-13)9-11(14-2)10-7-5-6-8-10/h10-11,14H,4-9H2,1-3H3. The van der Waals surface area contributed by atoms with Gasteiger partial charge in [-0.25, -0.2) is 0 Å². The average molecular weight is 252 g/mol. The first-order valence-electron chi connectivity index (χ1n) is 6.95. The largest absolute Gasteiger partial charge is 0.342 e. The van der Waals surface area contributed by atoms with Gasteiger partial charge in [0, 0.05) is 26.1 Å². The number of nitrogens with zero attached hydrogens (tertiary/aromatic N) is 3. The quantitative estimate of drug-likeness (QED) is 0.837. The summed E-state index contributed by atoms with van der Waals surface area (Å²) in [6.07, 6.45) is 6.20. The zero-order chi connectivity index (χ0) is 13.0. The van der Waals surface area contributed by atoms with Crippen LogP contribution in [0.2, 0.25) is 0 Å². The van der Waals surface area contributed by atoms with Gasteiger partial charge in [0.25, 0.3) is 5.95 Å². The smallest absolute Gasteiger partial charge is 0.265 e. The molecule has 5 heteroatoms. The second kappa shape index (κ2) is 6.18. The van der Waals surface area contributed by atoms with Crippen molar-refractivity contribution in [2.75, 3.05) is 25.5 Å². The predicted molar refractivity (Wildman–Crippen MR) is 71.8 cm³/mol. The second-order valence-electron chi connectivity index (χ2n) is 5.15. The van der Waals surface area contributed by atoms with Crippen molar-refractivity contribution in [1.82, 2.24) is 15.5 Å². The van der Waals surface area contributed by atoms with Crippen LogP contribution in [0.15, 0.2) is 4.52 Å². The molecule has 2 rings (SSSR count). The topological polar surface area (TPSA) is 54.2 Å². The third-order valence-electron chi connectivity index (χ3n) is 4.01. The van der Waals surface area contributed by atoms with Gasteiger partial charge in [-0.1, -0.05) is 12.8 Å². The summed E-state index contributed by atoms with van der Waals surface area (Å²) in [5.41, 5.74) is 0. The Balaban J connectivity index is 1.96. The first-order valence-corrected chi connectivity index (χ1v) is 6.95. The lowest BCUT2D eigenvalue weighted by atomic mass is 9.95. The van der Waals surface area contributed by atoms with Gasteiger partial charge in [-0.05, 0) is 37.9 Å². The molecule has 1 aromatic rings. The van der Waals surface area contributed by atoms with Crippen LogP contribution >= 0.6 is 0 Å². The van der Waals surface area contributed by atoms with E-state index in [0.717, 1.165) is 24.8 Å². The molecule has 1 atom stereocenters.